The number of nitrogens with zero attached hydrogens (tertiary/aromatic N) is 2. The van der Waals surface area contributed by atoms with Gasteiger partial charge in [0, 0.05) is 5.56 Å². The maximum absolute atomic E-state index is 11.7. The standard InChI is InChI=1S/C14H21N3O/c18-14-12-6-2-1-5-11(12)13(15-16-14)7-3-8-17-9-4-10-17/h1-10H2,(H,16,18). The maximum Gasteiger partial charge on any atom is 0.267 e. The number of hydrogen-bond donors (Lipinski definition) is 1. The Hall–Kier alpha value is -1.16. The van der Waals surface area contributed by atoms with Crippen molar-refractivity contribution in [3.05, 3.63) is 27.2 Å². The number of aromatic amines is 1. The van der Waals surface area contributed by atoms with Crippen LogP contribution >= 0.6 is 0 Å². The summed E-state index contributed by atoms with van der Waals surface area (Å²) in [5.74, 6) is 0. The molecule has 1 N–H and O–H groups in total. The molecule has 0 aromatic carbocycles. The molecule has 1 aromatic rings. The van der Waals surface area contributed by atoms with E-state index in [9.17, 15) is 4.79 Å². The van der Waals surface area contributed by atoms with Gasteiger partial charge in [-0.1, -0.05) is 0 Å². The summed E-state index contributed by atoms with van der Waals surface area (Å²) in [6.07, 6.45) is 7.86. The van der Waals surface area contributed by atoms with Crippen molar-refractivity contribution in [2.75, 3.05) is 19.6 Å². The van der Waals surface area contributed by atoms with E-state index in [0.717, 1.165) is 43.4 Å². The molecule has 2 aliphatic rings. The molecule has 3 rings (SSSR count). The minimum atomic E-state index is 0.0381. The number of fused-ring (bicyclic) bond motifs is 1. The molecule has 0 radical (unpaired) electrons. The van der Waals surface area contributed by atoms with Crippen molar-refractivity contribution in [2.45, 2.75) is 44.9 Å². The molecule has 0 unspecified atom stereocenters. The smallest absolute Gasteiger partial charge is 0.267 e. The van der Waals surface area contributed by atoms with Gasteiger partial charge in [-0.15, -0.1) is 0 Å². The van der Waals surface area contributed by atoms with Crippen molar-refractivity contribution in [3.8, 4) is 0 Å². The van der Waals surface area contributed by atoms with Crippen molar-refractivity contribution < 1.29 is 0 Å². The maximum atomic E-state index is 11.7. The molecule has 0 atom stereocenters. The van der Waals surface area contributed by atoms with E-state index in [4.69, 9.17) is 0 Å². The van der Waals surface area contributed by atoms with Gasteiger partial charge in [-0.25, -0.2) is 5.10 Å². The molecule has 1 aliphatic heterocycles. The first-order valence-electron chi connectivity index (χ1n) is 7.16. The summed E-state index contributed by atoms with van der Waals surface area (Å²) in [6, 6.07) is 0. The predicted molar refractivity (Wildman–Crippen MR) is 70.9 cm³/mol. The van der Waals surface area contributed by atoms with Gasteiger partial charge in [0.1, 0.15) is 0 Å². The highest BCUT2D eigenvalue weighted by Crippen LogP contribution is 2.21. The van der Waals surface area contributed by atoms with Gasteiger partial charge in [0.2, 0.25) is 0 Å². The van der Waals surface area contributed by atoms with Crippen LogP contribution in [0.15, 0.2) is 4.79 Å². The number of aryl methyl sites for hydroxylation is 1. The van der Waals surface area contributed by atoms with Gasteiger partial charge < -0.3 is 4.90 Å². The van der Waals surface area contributed by atoms with E-state index < -0.39 is 0 Å². The van der Waals surface area contributed by atoms with Crippen LogP contribution in [0, 0.1) is 0 Å². The van der Waals surface area contributed by atoms with Crippen molar-refractivity contribution in [2.24, 2.45) is 0 Å². The molecule has 0 amide bonds. The van der Waals surface area contributed by atoms with Crippen LogP contribution in [0.5, 0.6) is 0 Å². The minimum absolute atomic E-state index is 0.0381. The Kier molecular flexibility index (Phi) is 3.46. The highest BCUT2D eigenvalue weighted by atomic mass is 16.1. The Morgan fingerprint density at radius 3 is 2.61 bits per heavy atom. The summed E-state index contributed by atoms with van der Waals surface area (Å²) in [6.45, 7) is 3.70. The molecule has 1 fully saturated rings. The lowest BCUT2D eigenvalue weighted by atomic mass is 9.90. The van der Waals surface area contributed by atoms with E-state index in [2.05, 4.69) is 15.1 Å². The third-order valence-electron chi connectivity index (χ3n) is 4.22. The fourth-order valence-corrected chi connectivity index (χ4v) is 3.01. The van der Waals surface area contributed by atoms with Gasteiger partial charge >= 0.3 is 0 Å². The second kappa shape index (κ2) is 5.22. The number of likely N-dealkylation sites (tertiary alicyclic amines) is 1. The van der Waals surface area contributed by atoms with Crippen LogP contribution in [0.4, 0.5) is 0 Å². The largest absolute Gasteiger partial charge is 0.303 e. The first-order valence-corrected chi connectivity index (χ1v) is 7.16. The van der Waals surface area contributed by atoms with Crippen molar-refractivity contribution >= 4 is 0 Å². The number of aromatic nitrogens is 2. The van der Waals surface area contributed by atoms with Crippen LogP contribution in [-0.2, 0) is 19.3 Å². The fraction of sp³-hybridized carbons (Fsp3) is 0.714. The van der Waals surface area contributed by atoms with Crippen LogP contribution < -0.4 is 5.56 Å². The second-order valence-electron chi connectivity index (χ2n) is 5.46. The van der Waals surface area contributed by atoms with Crippen molar-refractivity contribution in [1.29, 1.82) is 0 Å². The predicted octanol–water partition coefficient (Wildman–Crippen LogP) is 1.29. The number of H-pyrrole nitrogens is 1. The van der Waals surface area contributed by atoms with E-state index in [1.54, 1.807) is 0 Å². The lowest BCUT2D eigenvalue weighted by Crippen LogP contribution is -2.37. The van der Waals surface area contributed by atoms with Crippen LogP contribution in [0.3, 0.4) is 0 Å². The summed E-state index contributed by atoms with van der Waals surface area (Å²) in [5.41, 5.74) is 3.45. The zero-order valence-electron chi connectivity index (χ0n) is 10.9. The molecule has 4 nitrogen and oxygen atoms in total. The average molecular weight is 247 g/mol. The topological polar surface area (TPSA) is 49.0 Å². The summed E-state index contributed by atoms with van der Waals surface area (Å²) < 4.78 is 0. The van der Waals surface area contributed by atoms with Gasteiger partial charge in [-0.3, -0.25) is 4.79 Å². The Morgan fingerprint density at radius 2 is 1.89 bits per heavy atom. The number of hydrogen-bond acceptors (Lipinski definition) is 3. The third-order valence-corrected chi connectivity index (χ3v) is 4.22. The first kappa shape index (κ1) is 11.9. The molecule has 1 aromatic heterocycles. The molecule has 2 heterocycles. The monoisotopic (exact) mass is 247 g/mol. The Labute approximate surface area is 107 Å². The fourth-order valence-electron chi connectivity index (χ4n) is 3.01. The SMILES string of the molecule is O=c1[nH]nc(CCCN2CCC2)c2c1CCCC2. The van der Waals surface area contributed by atoms with E-state index in [0.29, 0.717) is 0 Å². The zero-order valence-corrected chi connectivity index (χ0v) is 10.9. The number of rotatable bonds is 4. The van der Waals surface area contributed by atoms with Crippen molar-refractivity contribution in [1.82, 2.24) is 15.1 Å². The lowest BCUT2D eigenvalue weighted by molar-refractivity contribution is 0.179. The van der Waals surface area contributed by atoms with E-state index in [1.165, 1.54) is 38.0 Å². The molecular weight excluding hydrogens is 226 g/mol. The Balaban J connectivity index is 1.69. The van der Waals surface area contributed by atoms with Gasteiger partial charge in [0.05, 0.1) is 5.69 Å². The molecule has 98 valence electrons. The highest BCUT2D eigenvalue weighted by molar-refractivity contribution is 5.30. The van der Waals surface area contributed by atoms with Gasteiger partial charge in [0.15, 0.2) is 0 Å². The Morgan fingerprint density at radius 1 is 1.11 bits per heavy atom. The zero-order chi connectivity index (χ0) is 12.4. The Bertz CT molecular complexity index is 476. The van der Waals surface area contributed by atoms with Gasteiger partial charge in [-0.2, -0.15) is 5.10 Å². The normalized spacial score (nSPS) is 19.3. The van der Waals surface area contributed by atoms with Crippen LogP contribution in [0.1, 0.15) is 42.5 Å². The summed E-state index contributed by atoms with van der Waals surface area (Å²) >= 11 is 0. The molecule has 0 saturated carbocycles. The van der Waals surface area contributed by atoms with Crippen LogP contribution in [0.2, 0.25) is 0 Å². The quantitative estimate of drug-likeness (QED) is 0.872. The molecule has 1 saturated heterocycles. The number of nitrogens with one attached hydrogen (secondary N) is 1. The highest BCUT2D eigenvalue weighted by Gasteiger charge is 2.18. The molecule has 0 spiro atoms. The average Bonchev–Trinajstić information content (AvgIpc) is 2.35. The molecule has 1 aliphatic carbocycles. The van der Waals surface area contributed by atoms with E-state index in [-0.39, 0.29) is 5.56 Å². The molecule has 4 heteroatoms. The third kappa shape index (κ3) is 2.34. The summed E-state index contributed by atoms with van der Waals surface area (Å²) in [7, 11) is 0. The van der Waals surface area contributed by atoms with Crippen molar-refractivity contribution in [3.63, 3.8) is 0 Å². The second-order valence-corrected chi connectivity index (χ2v) is 5.46. The van der Waals surface area contributed by atoms with E-state index in [1.807, 2.05) is 0 Å². The van der Waals surface area contributed by atoms with E-state index >= 15 is 0 Å². The first-order chi connectivity index (χ1) is 8.84. The summed E-state index contributed by atoms with van der Waals surface area (Å²) in [5, 5.41) is 6.95. The van der Waals surface area contributed by atoms with Crippen LogP contribution in [-0.4, -0.2) is 34.7 Å². The van der Waals surface area contributed by atoms with Gasteiger partial charge in [0.25, 0.3) is 5.56 Å². The molecule has 0 bridgehead atoms. The van der Waals surface area contributed by atoms with Gasteiger partial charge in [-0.05, 0) is 70.1 Å². The summed E-state index contributed by atoms with van der Waals surface area (Å²) in [4.78, 5) is 14.2. The molecular formula is C14H21N3O. The van der Waals surface area contributed by atoms with Crippen LogP contribution in [0.25, 0.3) is 0 Å². The molecule has 18 heavy (non-hydrogen) atoms. The minimum Gasteiger partial charge on any atom is -0.303 e. The lowest BCUT2D eigenvalue weighted by Gasteiger charge is -2.30.